The maximum Gasteiger partial charge on any atom is 0.256 e. The second kappa shape index (κ2) is 6.67. The Balaban J connectivity index is 1.88. The van der Waals surface area contributed by atoms with Gasteiger partial charge in [0.1, 0.15) is 0 Å². The fraction of sp³-hybridized carbons (Fsp3) is 0.571. The largest absolute Gasteiger partial charge is 0.397 e. The molecule has 1 aliphatic rings. The van der Waals surface area contributed by atoms with Crippen LogP contribution in [-0.4, -0.2) is 79.0 Å². The number of hydrogen-bond acceptors (Lipinski definition) is 5. The average Bonchev–Trinajstić information content (AvgIpc) is 2.45. The summed E-state index contributed by atoms with van der Waals surface area (Å²) in [6.07, 6.45) is 3.14. The molecule has 6 nitrogen and oxygen atoms in total. The van der Waals surface area contributed by atoms with Crippen LogP contribution in [0.5, 0.6) is 0 Å². The highest BCUT2D eigenvalue weighted by Crippen LogP contribution is 2.13. The third-order valence-electron chi connectivity index (χ3n) is 3.61. The Morgan fingerprint density at radius 3 is 2.65 bits per heavy atom. The minimum atomic E-state index is 0.0113. The summed E-state index contributed by atoms with van der Waals surface area (Å²) in [6.45, 7) is 5.45. The number of piperazine rings is 1. The second-order valence-electron chi connectivity index (χ2n) is 5.40. The maximum absolute atomic E-state index is 12.4. The number of amides is 1. The van der Waals surface area contributed by atoms with Crippen molar-refractivity contribution >= 4 is 11.6 Å². The molecule has 0 bridgehead atoms. The summed E-state index contributed by atoms with van der Waals surface area (Å²) in [6, 6.07) is 1.69. The van der Waals surface area contributed by atoms with Gasteiger partial charge in [0.25, 0.3) is 5.91 Å². The second-order valence-corrected chi connectivity index (χ2v) is 5.40. The van der Waals surface area contributed by atoms with E-state index in [9.17, 15) is 4.79 Å². The van der Waals surface area contributed by atoms with Crippen molar-refractivity contribution < 1.29 is 4.79 Å². The number of carbonyl (C=O) groups is 1. The van der Waals surface area contributed by atoms with E-state index >= 15 is 0 Å². The molecule has 0 spiro atoms. The summed E-state index contributed by atoms with van der Waals surface area (Å²) < 4.78 is 0. The molecular formula is C14H23N5O. The van der Waals surface area contributed by atoms with Crippen LogP contribution in [0, 0.1) is 0 Å². The number of pyridine rings is 1. The lowest BCUT2D eigenvalue weighted by atomic mass is 10.2. The van der Waals surface area contributed by atoms with Gasteiger partial charge >= 0.3 is 0 Å². The van der Waals surface area contributed by atoms with E-state index in [0.29, 0.717) is 11.3 Å². The molecule has 2 rings (SSSR count). The molecule has 0 aliphatic carbocycles. The van der Waals surface area contributed by atoms with Crippen molar-refractivity contribution in [3.63, 3.8) is 0 Å². The van der Waals surface area contributed by atoms with Crippen molar-refractivity contribution in [2.75, 3.05) is 59.1 Å². The van der Waals surface area contributed by atoms with Gasteiger partial charge < -0.3 is 15.5 Å². The monoisotopic (exact) mass is 277 g/mol. The number of aromatic nitrogens is 1. The number of rotatable bonds is 4. The Hall–Kier alpha value is -1.66. The highest BCUT2D eigenvalue weighted by molar-refractivity contribution is 5.98. The van der Waals surface area contributed by atoms with E-state index in [-0.39, 0.29) is 5.91 Å². The van der Waals surface area contributed by atoms with Gasteiger partial charge in [-0.1, -0.05) is 0 Å². The van der Waals surface area contributed by atoms with Crippen molar-refractivity contribution in [2.45, 2.75) is 0 Å². The van der Waals surface area contributed by atoms with Gasteiger partial charge in [0.2, 0.25) is 0 Å². The first-order valence-electron chi connectivity index (χ1n) is 6.94. The SMILES string of the molecule is CN(C)CCN1CCN(C(=O)c2ccncc2N)CC1. The molecule has 2 heterocycles. The Bertz CT molecular complexity index is 455. The van der Waals surface area contributed by atoms with E-state index in [4.69, 9.17) is 5.73 Å². The number of hydrogen-bond donors (Lipinski definition) is 1. The van der Waals surface area contributed by atoms with E-state index in [0.717, 1.165) is 39.3 Å². The lowest BCUT2D eigenvalue weighted by Gasteiger charge is -2.35. The van der Waals surface area contributed by atoms with Crippen LogP contribution < -0.4 is 5.73 Å². The topological polar surface area (TPSA) is 65.7 Å². The van der Waals surface area contributed by atoms with E-state index in [1.165, 1.54) is 6.20 Å². The van der Waals surface area contributed by atoms with Gasteiger partial charge in [-0.15, -0.1) is 0 Å². The molecule has 0 atom stereocenters. The normalized spacial score (nSPS) is 16.6. The molecule has 20 heavy (non-hydrogen) atoms. The Morgan fingerprint density at radius 2 is 2.05 bits per heavy atom. The summed E-state index contributed by atoms with van der Waals surface area (Å²) in [4.78, 5) is 22.7. The van der Waals surface area contributed by atoms with Crippen LogP contribution in [0.4, 0.5) is 5.69 Å². The Kier molecular flexibility index (Phi) is 4.92. The standard InChI is InChI=1S/C14H23N5O/c1-17(2)5-6-18-7-9-19(10-8-18)14(20)12-3-4-16-11-13(12)15/h3-4,11H,5-10,15H2,1-2H3. The maximum atomic E-state index is 12.4. The van der Waals surface area contributed by atoms with Crippen LogP contribution in [-0.2, 0) is 0 Å². The fourth-order valence-corrected chi connectivity index (χ4v) is 2.29. The van der Waals surface area contributed by atoms with E-state index in [1.807, 2.05) is 4.90 Å². The lowest BCUT2D eigenvalue weighted by molar-refractivity contribution is 0.0630. The van der Waals surface area contributed by atoms with Gasteiger partial charge in [0.05, 0.1) is 17.4 Å². The summed E-state index contributed by atoms with van der Waals surface area (Å²) in [5, 5.41) is 0. The zero-order chi connectivity index (χ0) is 14.5. The first-order chi connectivity index (χ1) is 9.58. The Morgan fingerprint density at radius 1 is 1.35 bits per heavy atom. The molecule has 0 aromatic carbocycles. The van der Waals surface area contributed by atoms with Gasteiger partial charge in [0, 0.05) is 45.5 Å². The molecular weight excluding hydrogens is 254 g/mol. The first kappa shape index (κ1) is 14.7. The summed E-state index contributed by atoms with van der Waals surface area (Å²) in [5.41, 5.74) is 6.82. The van der Waals surface area contributed by atoms with Crippen LogP contribution in [0.3, 0.4) is 0 Å². The number of carbonyl (C=O) groups excluding carboxylic acids is 1. The molecule has 6 heteroatoms. The predicted octanol–water partition coefficient (Wildman–Crippen LogP) is -0.0168. The van der Waals surface area contributed by atoms with Crippen LogP contribution in [0.25, 0.3) is 0 Å². The highest BCUT2D eigenvalue weighted by atomic mass is 16.2. The molecule has 1 amide bonds. The lowest BCUT2D eigenvalue weighted by Crippen LogP contribution is -2.50. The summed E-state index contributed by atoms with van der Waals surface area (Å²) in [7, 11) is 4.15. The number of nitrogens with zero attached hydrogens (tertiary/aromatic N) is 4. The van der Waals surface area contributed by atoms with Gasteiger partial charge in [-0.25, -0.2) is 0 Å². The molecule has 1 fully saturated rings. The van der Waals surface area contributed by atoms with Gasteiger partial charge in [-0.2, -0.15) is 0 Å². The first-order valence-corrected chi connectivity index (χ1v) is 6.94. The van der Waals surface area contributed by atoms with E-state index in [1.54, 1.807) is 12.3 Å². The van der Waals surface area contributed by atoms with Crippen molar-refractivity contribution in [3.05, 3.63) is 24.0 Å². The molecule has 0 radical (unpaired) electrons. The third kappa shape index (κ3) is 3.68. The van der Waals surface area contributed by atoms with Crippen LogP contribution >= 0.6 is 0 Å². The van der Waals surface area contributed by atoms with Crippen LogP contribution in [0.1, 0.15) is 10.4 Å². The fourth-order valence-electron chi connectivity index (χ4n) is 2.29. The van der Waals surface area contributed by atoms with E-state index < -0.39 is 0 Å². The minimum absolute atomic E-state index is 0.0113. The number of anilines is 1. The highest BCUT2D eigenvalue weighted by Gasteiger charge is 2.23. The van der Waals surface area contributed by atoms with Crippen LogP contribution in [0.2, 0.25) is 0 Å². The van der Waals surface area contributed by atoms with Gasteiger partial charge in [0.15, 0.2) is 0 Å². The smallest absolute Gasteiger partial charge is 0.256 e. The van der Waals surface area contributed by atoms with Gasteiger partial charge in [-0.05, 0) is 20.2 Å². The molecule has 1 saturated heterocycles. The van der Waals surface area contributed by atoms with E-state index in [2.05, 4.69) is 28.9 Å². The molecule has 0 unspecified atom stereocenters. The summed E-state index contributed by atoms with van der Waals surface area (Å²) in [5.74, 6) is 0.0113. The zero-order valence-electron chi connectivity index (χ0n) is 12.2. The number of nitrogens with two attached hydrogens (primary N) is 1. The molecule has 1 aromatic rings. The zero-order valence-corrected chi connectivity index (χ0v) is 12.2. The molecule has 1 aromatic heterocycles. The molecule has 2 N–H and O–H groups in total. The predicted molar refractivity (Wildman–Crippen MR) is 79.5 cm³/mol. The molecule has 110 valence electrons. The average molecular weight is 277 g/mol. The van der Waals surface area contributed by atoms with Crippen LogP contribution in [0.15, 0.2) is 18.5 Å². The van der Waals surface area contributed by atoms with Crippen molar-refractivity contribution in [1.82, 2.24) is 19.7 Å². The number of likely N-dealkylation sites (N-methyl/N-ethyl adjacent to an activating group) is 1. The minimum Gasteiger partial charge on any atom is -0.397 e. The molecule has 1 aliphatic heterocycles. The van der Waals surface area contributed by atoms with Crippen molar-refractivity contribution in [2.24, 2.45) is 0 Å². The van der Waals surface area contributed by atoms with Gasteiger partial charge in [-0.3, -0.25) is 14.7 Å². The molecule has 0 saturated carbocycles. The number of nitrogen functional groups attached to an aromatic ring is 1. The third-order valence-corrected chi connectivity index (χ3v) is 3.61. The van der Waals surface area contributed by atoms with Crippen molar-refractivity contribution in [3.8, 4) is 0 Å². The quantitative estimate of drug-likeness (QED) is 0.838. The summed E-state index contributed by atoms with van der Waals surface area (Å²) >= 11 is 0. The van der Waals surface area contributed by atoms with Crippen molar-refractivity contribution in [1.29, 1.82) is 0 Å². The Labute approximate surface area is 120 Å².